The fraction of sp³-hybridized carbons (Fsp3) is 0.650. The van der Waals surface area contributed by atoms with Gasteiger partial charge in [-0.15, -0.1) is 0 Å². The van der Waals surface area contributed by atoms with Crippen LogP contribution in [-0.2, 0) is 11.3 Å². The van der Waals surface area contributed by atoms with E-state index >= 15 is 0 Å². The van der Waals surface area contributed by atoms with Crippen molar-refractivity contribution in [2.45, 2.75) is 57.5 Å². The molecule has 0 aliphatic carbocycles. The standard InChI is InChI=1S/C20H33N3OS/c1-4-15(3)19(22-12-17-11-18(25)13-21-17)20(24)23(5-2)14-16-9-7-6-8-10-16/h6-10,15,17-19,21-22,25H,4-5,11-14H2,1-3H3/t15-,17+,18+,19-/m0/s1. The minimum atomic E-state index is -0.130. The molecule has 1 amide bonds. The topological polar surface area (TPSA) is 44.4 Å². The van der Waals surface area contributed by atoms with Gasteiger partial charge in [0, 0.05) is 37.5 Å². The molecule has 1 saturated heterocycles. The van der Waals surface area contributed by atoms with Crippen molar-refractivity contribution in [2.24, 2.45) is 5.92 Å². The lowest BCUT2D eigenvalue weighted by molar-refractivity contribution is -0.135. The fourth-order valence-electron chi connectivity index (χ4n) is 3.34. The van der Waals surface area contributed by atoms with E-state index in [9.17, 15) is 4.79 Å². The van der Waals surface area contributed by atoms with Gasteiger partial charge in [-0.05, 0) is 24.8 Å². The van der Waals surface area contributed by atoms with Crippen molar-refractivity contribution in [1.29, 1.82) is 0 Å². The Morgan fingerprint density at radius 2 is 2.08 bits per heavy atom. The summed E-state index contributed by atoms with van der Waals surface area (Å²) in [6.45, 7) is 9.53. The van der Waals surface area contributed by atoms with Gasteiger partial charge in [0.15, 0.2) is 0 Å². The number of nitrogens with zero attached hydrogens (tertiary/aromatic N) is 1. The van der Waals surface area contributed by atoms with Crippen LogP contribution in [0.5, 0.6) is 0 Å². The average Bonchev–Trinajstić information content (AvgIpc) is 3.05. The summed E-state index contributed by atoms with van der Waals surface area (Å²) >= 11 is 4.53. The van der Waals surface area contributed by atoms with Crippen LogP contribution in [0.2, 0.25) is 0 Å². The first kappa shape index (κ1) is 20.3. The molecule has 0 unspecified atom stereocenters. The normalized spacial score (nSPS) is 22.6. The molecule has 4 nitrogen and oxygen atoms in total. The molecule has 140 valence electrons. The highest BCUT2D eigenvalue weighted by Crippen LogP contribution is 2.15. The lowest BCUT2D eigenvalue weighted by atomic mass is 9.97. The number of amides is 1. The van der Waals surface area contributed by atoms with Crippen molar-refractivity contribution in [3.63, 3.8) is 0 Å². The first-order chi connectivity index (χ1) is 12.0. The van der Waals surface area contributed by atoms with Crippen molar-refractivity contribution in [2.75, 3.05) is 19.6 Å². The molecular formula is C20H33N3OS. The summed E-state index contributed by atoms with van der Waals surface area (Å²) < 4.78 is 0. The zero-order chi connectivity index (χ0) is 18.2. The molecule has 1 aliphatic rings. The number of thiol groups is 1. The van der Waals surface area contributed by atoms with E-state index in [1.165, 1.54) is 5.56 Å². The summed E-state index contributed by atoms with van der Waals surface area (Å²) in [6, 6.07) is 10.5. The van der Waals surface area contributed by atoms with Crippen LogP contribution in [0, 0.1) is 5.92 Å². The van der Waals surface area contributed by atoms with Gasteiger partial charge in [0.2, 0.25) is 5.91 Å². The minimum Gasteiger partial charge on any atom is -0.337 e. The third-order valence-electron chi connectivity index (χ3n) is 5.17. The SMILES string of the molecule is CC[C@H](C)[C@H](NC[C@H]1C[C@@H](S)CN1)C(=O)N(CC)Cc1ccccc1. The fourth-order valence-corrected chi connectivity index (χ4v) is 3.70. The second-order valence-electron chi connectivity index (χ2n) is 7.10. The molecule has 1 fully saturated rings. The van der Waals surface area contributed by atoms with Gasteiger partial charge in [-0.25, -0.2) is 0 Å². The monoisotopic (exact) mass is 363 g/mol. The summed E-state index contributed by atoms with van der Waals surface area (Å²) in [7, 11) is 0. The molecule has 1 aromatic rings. The molecule has 2 rings (SSSR count). The maximum Gasteiger partial charge on any atom is 0.240 e. The van der Waals surface area contributed by atoms with Crippen LogP contribution < -0.4 is 10.6 Å². The van der Waals surface area contributed by atoms with Gasteiger partial charge >= 0.3 is 0 Å². The quantitative estimate of drug-likeness (QED) is 0.591. The predicted octanol–water partition coefficient (Wildman–Crippen LogP) is 2.70. The molecule has 0 radical (unpaired) electrons. The van der Waals surface area contributed by atoms with E-state index in [0.29, 0.717) is 23.8 Å². The van der Waals surface area contributed by atoms with Crippen molar-refractivity contribution in [1.82, 2.24) is 15.5 Å². The molecule has 5 heteroatoms. The third-order valence-corrected chi connectivity index (χ3v) is 5.56. The molecule has 0 aromatic heterocycles. The van der Waals surface area contributed by atoms with E-state index in [1.807, 2.05) is 23.1 Å². The first-order valence-corrected chi connectivity index (χ1v) is 10.0. The van der Waals surface area contributed by atoms with Crippen LogP contribution in [0.3, 0.4) is 0 Å². The number of likely N-dealkylation sites (N-methyl/N-ethyl adjacent to an activating group) is 1. The van der Waals surface area contributed by atoms with E-state index < -0.39 is 0 Å². The van der Waals surface area contributed by atoms with Crippen molar-refractivity contribution in [3.05, 3.63) is 35.9 Å². The van der Waals surface area contributed by atoms with Gasteiger partial charge in [-0.3, -0.25) is 4.79 Å². The number of rotatable bonds is 9. The minimum absolute atomic E-state index is 0.130. The van der Waals surface area contributed by atoms with Crippen LogP contribution in [0.4, 0.5) is 0 Å². The zero-order valence-electron chi connectivity index (χ0n) is 15.7. The van der Waals surface area contributed by atoms with Gasteiger partial charge in [-0.1, -0.05) is 50.6 Å². The Morgan fingerprint density at radius 3 is 2.64 bits per heavy atom. The zero-order valence-corrected chi connectivity index (χ0v) is 16.6. The molecule has 1 aliphatic heterocycles. The van der Waals surface area contributed by atoms with E-state index in [0.717, 1.165) is 32.5 Å². The lowest BCUT2D eigenvalue weighted by Crippen LogP contribution is -2.52. The first-order valence-electron chi connectivity index (χ1n) is 9.52. The van der Waals surface area contributed by atoms with Gasteiger partial charge in [0.05, 0.1) is 6.04 Å². The summed E-state index contributed by atoms with van der Waals surface area (Å²) in [5.41, 5.74) is 1.18. The highest BCUT2D eigenvalue weighted by atomic mass is 32.1. The van der Waals surface area contributed by atoms with Gasteiger partial charge < -0.3 is 15.5 Å². The van der Waals surface area contributed by atoms with Crippen LogP contribution in [-0.4, -0.2) is 47.8 Å². The molecule has 0 saturated carbocycles. The Labute approximate surface area is 158 Å². The van der Waals surface area contributed by atoms with E-state index in [1.54, 1.807) is 0 Å². The number of benzene rings is 1. The molecule has 0 spiro atoms. The van der Waals surface area contributed by atoms with E-state index in [4.69, 9.17) is 0 Å². The van der Waals surface area contributed by atoms with Crippen molar-refractivity contribution in [3.8, 4) is 0 Å². The Kier molecular flexibility index (Phi) is 8.27. The number of hydrogen-bond acceptors (Lipinski definition) is 4. The van der Waals surface area contributed by atoms with Crippen LogP contribution in [0.1, 0.15) is 39.2 Å². The Balaban J connectivity index is 1.99. The number of carbonyl (C=O) groups excluding carboxylic acids is 1. The molecule has 25 heavy (non-hydrogen) atoms. The summed E-state index contributed by atoms with van der Waals surface area (Å²) in [5.74, 6) is 0.520. The smallest absolute Gasteiger partial charge is 0.240 e. The van der Waals surface area contributed by atoms with Gasteiger partial charge in [0.1, 0.15) is 0 Å². The van der Waals surface area contributed by atoms with Crippen molar-refractivity contribution >= 4 is 18.5 Å². The maximum absolute atomic E-state index is 13.2. The van der Waals surface area contributed by atoms with Crippen LogP contribution >= 0.6 is 12.6 Å². The number of nitrogens with one attached hydrogen (secondary N) is 2. The predicted molar refractivity (Wildman–Crippen MR) is 108 cm³/mol. The average molecular weight is 364 g/mol. The van der Waals surface area contributed by atoms with Crippen LogP contribution in [0.15, 0.2) is 30.3 Å². The maximum atomic E-state index is 13.2. The largest absolute Gasteiger partial charge is 0.337 e. The third kappa shape index (κ3) is 6.01. The van der Waals surface area contributed by atoms with E-state index in [2.05, 4.69) is 56.2 Å². The second-order valence-corrected chi connectivity index (χ2v) is 7.83. The lowest BCUT2D eigenvalue weighted by Gasteiger charge is -2.31. The van der Waals surface area contributed by atoms with Crippen LogP contribution in [0.25, 0.3) is 0 Å². The number of hydrogen-bond donors (Lipinski definition) is 3. The molecule has 0 bridgehead atoms. The molecule has 4 atom stereocenters. The second kappa shape index (κ2) is 10.2. The Hall–Kier alpha value is -1.04. The molecule has 1 heterocycles. The molecular weight excluding hydrogens is 330 g/mol. The summed E-state index contributed by atoms with van der Waals surface area (Å²) in [4.78, 5) is 15.1. The Bertz CT molecular complexity index is 525. The number of carbonyl (C=O) groups is 1. The summed E-state index contributed by atoms with van der Waals surface area (Å²) in [6.07, 6.45) is 2.04. The molecule has 2 N–H and O–H groups in total. The highest BCUT2D eigenvalue weighted by Gasteiger charge is 2.29. The van der Waals surface area contributed by atoms with Gasteiger partial charge in [0.25, 0.3) is 0 Å². The van der Waals surface area contributed by atoms with Gasteiger partial charge in [-0.2, -0.15) is 12.6 Å². The van der Waals surface area contributed by atoms with Crippen molar-refractivity contribution < 1.29 is 4.79 Å². The highest BCUT2D eigenvalue weighted by molar-refractivity contribution is 7.81. The Morgan fingerprint density at radius 1 is 1.36 bits per heavy atom. The summed E-state index contributed by atoms with van der Waals surface area (Å²) in [5, 5.41) is 7.45. The molecule has 1 aromatic carbocycles. The van der Waals surface area contributed by atoms with E-state index in [-0.39, 0.29) is 11.9 Å².